The number of likely N-dealkylation sites (tertiary alicyclic amines) is 2. The molecule has 2 aromatic heterocycles. The van der Waals surface area contributed by atoms with Crippen LogP contribution >= 0.6 is 22.7 Å². The van der Waals surface area contributed by atoms with Crippen molar-refractivity contribution in [3.8, 4) is 23.0 Å². The fourth-order valence-electron chi connectivity index (χ4n) is 7.42. The predicted molar refractivity (Wildman–Crippen MR) is 242 cm³/mol. The van der Waals surface area contributed by atoms with E-state index in [0.717, 1.165) is 106 Å². The first kappa shape index (κ1) is 44.1. The van der Waals surface area contributed by atoms with Gasteiger partial charge in [-0.2, -0.15) is 0 Å². The number of benzene rings is 4. The number of nitrogens with zero attached hydrogens (tertiary/aromatic N) is 4. The van der Waals surface area contributed by atoms with Crippen LogP contribution in [0.1, 0.15) is 61.0 Å². The Hall–Kier alpha value is -5.92. The van der Waals surface area contributed by atoms with Gasteiger partial charge in [0.05, 0.1) is 35.6 Å². The van der Waals surface area contributed by atoms with Gasteiger partial charge in [-0.05, 0) is 91.8 Å². The van der Waals surface area contributed by atoms with E-state index in [2.05, 4.69) is 52.4 Å². The van der Waals surface area contributed by atoms with Gasteiger partial charge < -0.3 is 33.5 Å². The maximum Gasteiger partial charge on any atom is 0.410 e. The molecule has 2 saturated heterocycles. The van der Waals surface area contributed by atoms with Gasteiger partial charge in [-0.25, -0.2) is 19.6 Å². The third-order valence-corrected chi connectivity index (χ3v) is 12.2. The van der Waals surface area contributed by atoms with E-state index in [0.29, 0.717) is 25.0 Å². The first-order valence-electron chi connectivity index (χ1n) is 21.3. The molecule has 4 aromatic carbocycles. The second-order valence-electron chi connectivity index (χ2n) is 15.4. The van der Waals surface area contributed by atoms with E-state index < -0.39 is 0 Å². The Morgan fingerprint density at radius 2 is 1.10 bits per heavy atom. The number of aromatic nitrogens is 2. The summed E-state index contributed by atoms with van der Waals surface area (Å²) in [7, 11) is 0. The molecule has 62 heavy (non-hydrogen) atoms. The minimum absolute atomic E-state index is 0.238. The van der Waals surface area contributed by atoms with Gasteiger partial charge in [0.2, 0.25) is 0 Å². The van der Waals surface area contributed by atoms with Crippen molar-refractivity contribution in [1.82, 2.24) is 19.8 Å². The summed E-state index contributed by atoms with van der Waals surface area (Å²) >= 11 is 3.01. The monoisotopic (exact) mass is 874 g/mol. The lowest BCUT2D eigenvalue weighted by Crippen LogP contribution is -2.39. The highest BCUT2D eigenvalue weighted by molar-refractivity contribution is 7.07. The third kappa shape index (κ3) is 14.3. The lowest BCUT2D eigenvalue weighted by molar-refractivity contribution is 0.0785. The van der Waals surface area contributed by atoms with Gasteiger partial charge in [0.15, 0.2) is 0 Å². The number of ether oxygens (including phenoxy) is 5. The number of para-hydroxylation sites is 2. The summed E-state index contributed by atoms with van der Waals surface area (Å²) in [6.07, 6.45) is 6.25. The molecule has 4 heterocycles. The van der Waals surface area contributed by atoms with Crippen molar-refractivity contribution < 1.29 is 33.3 Å². The number of carbonyl (C=O) groups is 2. The average molecular weight is 875 g/mol. The Morgan fingerprint density at radius 1 is 0.581 bits per heavy atom. The van der Waals surface area contributed by atoms with Crippen LogP contribution in [0.15, 0.2) is 131 Å². The summed E-state index contributed by atoms with van der Waals surface area (Å²) in [4.78, 5) is 36.3. The maximum absolute atomic E-state index is 12.2. The van der Waals surface area contributed by atoms with E-state index in [-0.39, 0.29) is 25.4 Å². The van der Waals surface area contributed by atoms with Crippen LogP contribution < -0.4 is 14.2 Å². The molecule has 0 unspecified atom stereocenters. The van der Waals surface area contributed by atoms with Crippen LogP contribution in [0.25, 0.3) is 0 Å². The minimum Gasteiger partial charge on any atom is -0.493 e. The van der Waals surface area contributed by atoms with Crippen LogP contribution in [0.4, 0.5) is 9.59 Å². The lowest BCUT2D eigenvalue weighted by atomic mass is 9.94. The smallest absolute Gasteiger partial charge is 0.410 e. The fraction of sp³-hybridized carbons (Fsp3) is 0.347. The molecule has 2 fully saturated rings. The van der Waals surface area contributed by atoms with Crippen LogP contribution in [0.2, 0.25) is 0 Å². The Labute approximate surface area is 372 Å². The van der Waals surface area contributed by atoms with Crippen LogP contribution in [0.3, 0.4) is 0 Å². The zero-order valence-corrected chi connectivity index (χ0v) is 36.6. The standard InChI is InChI=1S/C25H28N2O3S.C24H26N2O4S/c28-25(30-17-23-18-31-19-26-23)27-13-10-20(11-14-27)12-15-29-24-9-5-4-8-22(24)16-21-6-2-1-3-7-21;27-24(29-16-20-17-31-18-25-20)26-12-9-19(10-13-26)11-14-28-22-7-4-8-23(15-22)30-21-5-2-1-3-6-21/h1-9,18-20H,10-17H2;1-8,15,17-19H,9-14,16H2. The Balaban J connectivity index is 0.000000186. The van der Waals surface area contributed by atoms with Crippen LogP contribution in [-0.2, 0) is 29.1 Å². The molecular weight excluding hydrogens is 821 g/mol. The van der Waals surface area contributed by atoms with Gasteiger partial charge in [0, 0.05) is 49.4 Å². The number of thiazole rings is 2. The van der Waals surface area contributed by atoms with E-state index in [9.17, 15) is 9.59 Å². The topological polar surface area (TPSA) is 113 Å². The fourth-order valence-corrected chi connectivity index (χ4v) is 8.50. The molecule has 2 aliphatic rings. The molecule has 6 aromatic rings. The van der Waals surface area contributed by atoms with Crippen molar-refractivity contribution >= 4 is 34.9 Å². The molecule has 0 N–H and O–H groups in total. The van der Waals surface area contributed by atoms with Gasteiger partial charge in [0.1, 0.15) is 36.2 Å². The van der Waals surface area contributed by atoms with Gasteiger partial charge in [0.25, 0.3) is 0 Å². The zero-order chi connectivity index (χ0) is 42.6. The maximum atomic E-state index is 12.2. The van der Waals surface area contributed by atoms with Crippen LogP contribution in [-0.4, -0.2) is 71.3 Å². The highest BCUT2D eigenvalue weighted by Gasteiger charge is 2.25. The molecule has 0 atom stereocenters. The van der Waals surface area contributed by atoms with E-state index in [1.54, 1.807) is 20.8 Å². The first-order chi connectivity index (χ1) is 30.5. The quantitative estimate of drug-likeness (QED) is 0.0938. The summed E-state index contributed by atoms with van der Waals surface area (Å²) in [6.45, 7) is 4.76. The Morgan fingerprint density at radius 3 is 1.68 bits per heavy atom. The van der Waals surface area contributed by atoms with E-state index in [1.165, 1.54) is 33.8 Å². The molecule has 11 nitrogen and oxygen atoms in total. The zero-order valence-electron chi connectivity index (χ0n) is 34.9. The number of hydrogen-bond donors (Lipinski definition) is 0. The van der Waals surface area contributed by atoms with Crippen LogP contribution in [0, 0.1) is 11.8 Å². The van der Waals surface area contributed by atoms with E-state index in [4.69, 9.17) is 23.7 Å². The molecule has 0 saturated carbocycles. The number of hydrogen-bond acceptors (Lipinski definition) is 11. The first-order valence-corrected chi connectivity index (χ1v) is 23.2. The number of rotatable bonds is 16. The largest absolute Gasteiger partial charge is 0.493 e. The van der Waals surface area contributed by atoms with Crippen molar-refractivity contribution in [1.29, 1.82) is 0 Å². The molecule has 0 spiro atoms. The molecular formula is C49H54N4O7S2. The van der Waals surface area contributed by atoms with E-state index >= 15 is 0 Å². The SMILES string of the molecule is O=C(OCc1cscn1)N1CCC(CCOc2cccc(Oc3ccccc3)c2)CC1.O=C(OCc1cscn1)N1CCC(CCOc2ccccc2Cc2ccccc2)CC1. The highest BCUT2D eigenvalue weighted by atomic mass is 32.1. The normalized spacial score (nSPS) is 14.3. The molecule has 2 aliphatic heterocycles. The van der Waals surface area contributed by atoms with Gasteiger partial charge in [-0.3, -0.25) is 0 Å². The van der Waals surface area contributed by atoms with Crippen molar-refractivity contribution in [2.24, 2.45) is 11.8 Å². The number of carbonyl (C=O) groups excluding carboxylic acids is 2. The summed E-state index contributed by atoms with van der Waals surface area (Å²) in [5, 5.41) is 3.79. The molecule has 13 heteroatoms. The van der Waals surface area contributed by atoms with Gasteiger partial charge >= 0.3 is 12.2 Å². The Kier molecular flexibility index (Phi) is 17.0. The van der Waals surface area contributed by atoms with Crippen molar-refractivity contribution in [2.75, 3.05) is 39.4 Å². The molecule has 2 amide bonds. The highest BCUT2D eigenvalue weighted by Crippen LogP contribution is 2.28. The lowest BCUT2D eigenvalue weighted by Gasteiger charge is -2.31. The van der Waals surface area contributed by atoms with Crippen LogP contribution in [0.5, 0.6) is 23.0 Å². The second kappa shape index (κ2) is 23.9. The Bertz CT molecular complexity index is 2190. The summed E-state index contributed by atoms with van der Waals surface area (Å²) in [6, 6.07) is 36.2. The third-order valence-electron chi connectivity index (χ3n) is 11.0. The van der Waals surface area contributed by atoms with Crippen molar-refractivity contribution in [3.05, 3.63) is 153 Å². The number of amides is 2. The van der Waals surface area contributed by atoms with Crippen molar-refractivity contribution in [3.63, 3.8) is 0 Å². The number of piperidine rings is 2. The van der Waals surface area contributed by atoms with E-state index in [1.807, 2.05) is 77.5 Å². The molecule has 0 radical (unpaired) electrons. The molecule has 0 bridgehead atoms. The van der Waals surface area contributed by atoms with Gasteiger partial charge in [-0.15, -0.1) is 22.7 Å². The molecule has 0 aliphatic carbocycles. The van der Waals surface area contributed by atoms with Crippen molar-refractivity contribution in [2.45, 2.75) is 58.2 Å². The predicted octanol–water partition coefficient (Wildman–Crippen LogP) is 11.3. The minimum atomic E-state index is -0.252. The summed E-state index contributed by atoms with van der Waals surface area (Å²) < 4.78 is 28.7. The molecule has 324 valence electrons. The average Bonchev–Trinajstić information content (AvgIpc) is 4.05. The summed E-state index contributed by atoms with van der Waals surface area (Å²) in [5.41, 5.74) is 7.58. The second-order valence-corrected chi connectivity index (χ2v) is 16.8. The van der Waals surface area contributed by atoms with Gasteiger partial charge in [-0.1, -0.05) is 72.8 Å². The molecule has 8 rings (SSSR count). The summed E-state index contributed by atoms with van der Waals surface area (Å²) in [5.74, 6) is 4.45.